The van der Waals surface area contributed by atoms with Gasteiger partial charge in [0, 0.05) is 18.7 Å². The second-order valence-corrected chi connectivity index (χ2v) is 5.07. The number of hydrogen-bond donors (Lipinski definition) is 2. The SMILES string of the molecule is CCNC(=O)c1cn(-c2ccc(NC(=O)C(C)C)cn2)cn1. The Balaban J connectivity index is 2.10. The van der Waals surface area contributed by atoms with Gasteiger partial charge in [-0.15, -0.1) is 0 Å². The first-order valence-electron chi connectivity index (χ1n) is 7.10. The van der Waals surface area contributed by atoms with Gasteiger partial charge in [-0.05, 0) is 19.1 Å². The summed E-state index contributed by atoms with van der Waals surface area (Å²) in [5.74, 6) is 0.247. The van der Waals surface area contributed by atoms with Crippen LogP contribution in [-0.2, 0) is 4.79 Å². The highest BCUT2D eigenvalue weighted by Crippen LogP contribution is 2.11. The summed E-state index contributed by atoms with van der Waals surface area (Å²) in [4.78, 5) is 31.6. The molecule has 0 aliphatic carbocycles. The molecule has 7 nitrogen and oxygen atoms in total. The summed E-state index contributed by atoms with van der Waals surface area (Å²) < 4.78 is 1.65. The molecule has 116 valence electrons. The Morgan fingerprint density at radius 1 is 1.27 bits per heavy atom. The quantitative estimate of drug-likeness (QED) is 0.878. The maximum Gasteiger partial charge on any atom is 0.271 e. The van der Waals surface area contributed by atoms with Gasteiger partial charge in [-0.25, -0.2) is 9.97 Å². The molecule has 2 N–H and O–H groups in total. The lowest BCUT2D eigenvalue weighted by molar-refractivity contribution is -0.118. The predicted octanol–water partition coefficient (Wildman–Crippen LogP) is 1.61. The number of amides is 2. The van der Waals surface area contributed by atoms with E-state index in [-0.39, 0.29) is 17.7 Å². The fraction of sp³-hybridized carbons (Fsp3) is 0.333. The van der Waals surface area contributed by atoms with Crippen molar-refractivity contribution in [1.82, 2.24) is 19.9 Å². The second kappa shape index (κ2) is 6.84. The summed E-state index contributed by atoms with van der Waals surface area (Å²) in [6.07, 6.45) is 4.71. The summed E-state index contributed by atoms with van der Waals surface area (Å²) in [7, 11) is 0. The number of aromatic nitrogens is 3. The zero-order valence-electron chi connectivity index (χ0n) is 12.8. The Kier molecular flexibility index (Phi) is 4.88. The van der Waals surface area contributed by atoms with Crippen LogP contribution in [0.2, 0.25) is 0 Å². The van der Waals surface area contributed by atoms with Crippen molar-refractivity contribution in [3.8, 4) is 5.82 Å². The first-order chi connectivity index (χ1) is 10.5. The van der Waals surface area contributed by atoms with Gasteiger partial charge in [0.1, 0.15) is 17.8 Å². The van der Waals surface area contributed by atoms with Crippen LogP contribution in [0.25, 0.3) is 5.82 Å². The predicted molar refractivity (Wildman–Crippen MR) is 82.8 cm³/mol. The van der Waals surface area contributed by atoms with Gasteiger partial charge >= 0.3 is 0 Å². The Morgan fingerprint density at radius 3 is 2.64 bits per heavy atom. The fourth-order valence-electron chi connectivity index (χ4n) is 1.72. The zero-order valence-corrected chi connectivity index (χ0v) is 12.8. The van der Waals surface area contributed by atoms with Crippen LogP contribution in [0, 0.1) is 5.92 Å². The number of carbonyl (C=O) groups is 2. The maximum absolute atomic E-state index is 11.7. The molecule has 22 heavy (non-hydrogen) atoms. The molecular weight excluding hydrogens is 282 g/mol. The zero-order chi connectivity index (χ0) is 16.1. The summed E-state index contributed by atoms with van der Waals surface area (Å²) in [5, 5.41) is 5.45. The van der Waals surface area contributed by atoms with Crippen LogP contribution >= 0.6 is 0 Å². The topological polar surface area (TPSA) is 88.9 Å². The van der Waals surface area contributed by atoms with Gasteiger partial charge in [0.25, 0.3) is 5.91 Å². The minimum absolute atomic E-state index is 0.0595. The van der Waals surface area contributed by atoms with Crippen LogP contribution in [-0.4, -0.2) is 32.9 Å². The van der Waals surface area contributed by atoms with Gasteiger partial charge in [-0.3, -0.25) is 14.2 Å². The van der Waals surface area contributed by atoms with Crippen molar-refractivity contribution in [3.63, 3.8) is 0 Å². The third-order valence-electron chi connectivity index (χ3n) is 2.96. The van der Waals surface area contributed by atoms with Crippen molar-refractivity contribution in [2.24, 2.45) is 5.92 Å². The number of nitrogens with one attached hydrogen (secondary N) is 2. The van der Waals surface area contributed by atoms with Crippen LogP contribution in [0.3, 0.4) is 0 Å². The molecule has 0 atom stereocenters. The lowest BCUT2D eigenvalue weighted by Crippen LogP contribution is -2.22. The normalized spacial score (nSPS) is 10.5. The van der Waals surface area contributed by atoms with Crippen molar-refractivity contribution in [2.45, 2.75) is 20.8 Å². The highest BCUT2D eigenvalue weighted by molar-refractivity contribution is 5.92. The largest absolute Gasteiger partial charge is 0.351 e. The van der Waals surface area contributed by atoms with Crippen LogP contribution in [0.5, 0.6) is 0 Å². The Labute approximate surface area is 128 Å². The molecule has 0 saturated carbocycles. The van der Waals surface area contributed by atoms with Gasteiger partial charge in [-0.2, -0.15) is 0 Å². The lowest BCUT2D eigenvalue weighted by Gasteiger charge is -2.08. The Hall–Kier alpha value is -2.70. The number of hydrogen-bond acceptors (Lipinski definition) is 4. The third-order valence-corrected chi connectivity index (χ3v) is 2.96. The van der Waals surface area contributed by atoms with E-state index in [1.165, 1.54) is 6.33 Å². The average molecular weight is 301 g/mol. The van der Waals surface area contributed by atoms with Crippen molar-refractivity contribution >= 4 is 17.5 Å². The minimum Gasteiger partial charge on any atom is -0.351 e. The van der Waals surface area contributed by atoms with Crippen LogP contribution in [0.15, 0.2) is 30.9 Å². The molecule has 0 bridgehead atoms. The molecule has 2 aromatic heterocycles. The first kappa shape index (κ1) is 15.7. The smallest absolute Gasteiger partial charge is 0.271 e. The number of nitrogens with zero attached hydrogens (tertiary/aromatic N) is 3. The Bertz CT molecular complexity index is 661. The van der Waals surface area contributed by atoms with Crippen LogP contribution in [0.1, 0.15) is 31.3 Å². The molecule has 0 aliphatic heterocycles. The molecule has 2 heterocycles. The van der Waals surface area contributed by atoms with Gasteiger partial charge < -0.3 is 10.6 Å². The average Bonchev–Trinajstić information content (AvgIpc) is 2.98. The number of pyridine rings is 1. The molecule has 0 unspecified atom stereocenters. The molecule has 0 spiro atoms. The monoisotopic (exact) mass is 301 g/mol. The highest BCUT2D eigenvalue weighted by Gasteiger charge is 2.10. The molecule has 0 aromatic carbocycles. The second-order valence-electron chi connectivity index (χ2n) is 5.07. The molecule has 0 radical (unpaired) electrons. The van der Waals surface area contributed by atoms with E-state index in [0.29, 0.717) is 23.7 Å². The maximum atomic E-state index is 11.7. The number of rotatable bonds is 5. The van der Waals surface area contributed by atoms with Gasteiger partial charge in [-0.1, -0.05) is 13.8 Å². The van der Waals surface area contributed by atoms with Crippen LogP contribution in [0.4, 0.5) is 5.69 Å². The molecule has 0 aliphatic rings. The molecule has 0 fully saturated rings. The van der Waals surface area contributed by atoms with E-state index in [0.717, 1.165) is 0 Å². The minimum atomic E-state index is -0.220. The lowest BCUT2D eigenvalue weighted by atomic mass is 10.2. The molecule has 0 saturated heterocycles. The first-order valence-corrected chi connectivity index (χ1v) is 7.10. The van der Waals surface area contributed by atoms with E-state index in [1.54, 1.807) is 29.1 Å². The van der Waals surface area contributed by atoms with Crippen molar-refractivity contribution in [1.29, 1.82) is 0 Å². The summed E-state index contributed by atoms with van der Waals surface area (Å²) >= 11 is 0. The van der Waals surface area contributed by atoms with Crippen molar-refractivity contribution in [2.75, 3.05) is 11.9 Å². The van der Waals surface area contributed by atoms with Gasteiger partial charge in [0.2, 0.25) is 5.91 Å². The molecular formula is C15H19N5O2. The highest BCUT2D eigenvalue weighted by atomic mass is 16.2. The number of carbonyl (C=O) groups excluding carboxylic acids is 2. The van der Waals surface area contributed by atoms with E-state index in [2.05, 4.69) is 20.6 Å². The van der Waals surface area contributed by atoms with Gasteiger partial charge in [0.15, 0.2) is 0 Å². The number of anilines is 1. The standard InChI is InChI=1S/C15H19N5O2/c1-4-16-15(22)12-8-20(9-18-12)13-6-5-11(7-17-13)19-14(21)10(2)3/h5-10H,4H2,1-3H3,(H,16,22)(H,19,21). The summed E-state index contributed by atoms with van der Waals surface area (Å²) in [6, 6.07) is 3.51. The van der Waals surface area contributed by atoms with E-state index in [4.69, 9.17) is 0 Å². The fourth-order valence-corrected chi connectivity index (χ4v) is 1.72. The molecule has 2 amide bonds. The van der Waals surface area contributed by atoms with E-state index < -0.39 is 0 Å². The molecule has 2 rings (SSSR count). The van der Waals surface area contributed by atoms with E-state index in [9.17, 15) is 9.59 Å². The molecule has 7 heteroatoms. The van der Waals surface area contributed by atoms with Crippen molar-refractivity contribution in [3.05, 3.63) is 36.5 Å². The summed E-state index contributed by atoms with van der Waals surface area (Å²) in [5.41, 5.74) is 0.965. The summed E-state index contributed by atoms with van der Waals surface area (Å²) in [6.45, 7) is 6.05. The number of imidazole rings is 1. The van der Waals surface area contributed by atoms with Crippen LogP contribution < -0.4 is 10.6 Å². The van der Waals surface area contributed by atoms with Crippen molar-refractivity contribution < 1.29 is 9.59 Å². The Morgan fingerprint density at radius 2 is 2.05 bits per heavy atom. The molecule has 2 aromatic rings. The van der Waals surface area contributed by atoms with E-state index >= 15 is 0 Å². The third kappa shape index (κ3) is 3.69. The van der Waals surface area contributed by atoms with Gasteiger partial charge in [0.05, 0.1) is 11.9 Å². The van der Waals surface area contributed by atoms with E-state index in [1.807, 2.05) is 20.8 Å².